The van der Waals surface area contributed by atoms with Crippen molar-refractivity contribution in [3.05, 3.63) is 11.8 Å². The van der Waals surface area contributed by atoms with Crippen LogP contribution >= 0.6 is 11.8 Å². The summed E-state index contributed by atoms with van der Waals surface area (Å²) < 4.78 is 1.68. The van der Waals surface area contributed by atoms with Crippen LogP contribution in [0.4, 0.5) is 0 Å². The molecule has 0 spiro atoms. The number of nitrogens with one attached hydrogen (secondary N) is 1. The van der Waals surface area contributed by atoms with Gasteiger partial charge in [0.1, 0.15) is 5.03 Å². The molecule has 0 radical (unpaired) electrons. The predicted octanol–water partition coefficient (Wildman–Crippen LogP) is 2.31. The van der Waals surface area contributed by atoms with E-state index in [-0.39, 0.29) is 11.9 Å². The second kappa shape index (κ2) is 6.10. The van der Waals surface area contributed by atoms with Crippen molar-refractivity contribution in [2.45, 2.75) is 38.3 Å². The summed E-state index contributed by atoms with van der Waals surface area (Å²) in [6.45, 7) is 6.32. The van der Waals surface area contributed by atoms with Crippen LogP contribution in [0.2, 0.25) is 0 Å². The van der Waals surface area contributed by atoms with Gasteiger partial charge in [0.15, 0.2) is 0 Å². The summed E-state index contributed by atoms with van der Waals surface area (Å²) in [5, 5.41) is 8.09. The molecule has 1 aromatic heterocycles. The van der Waals surface area contributed by atoms with E-state index in [1.54, 1.807) is 10.9 Å². The lowest BCUT2D eigenvalue weighted by Crippen LogP contribution is -2.38. The fourth-order valence-corrected chi connectivity index (χ4v) is 2.34. The standard InChI is InChI=1S/C12H21N3OS/c1-6-10(8(2)3)13-11(16)9-7-15(4)14-12(9)17-5/h7-8,10H,6H2,1-5H3,(H,13,16)/t10-/m0/s1. The first kappa shape index (κ1) is 14.1. The topological polar surface area (TPSA) is 46.9 Å². The molecule has 1 amide bonds. The molecule has 5 heteroatoms. The van der Waals surface area contributed by atoms with Crippen molar-refractivity contribution >= 4 is 17.7 Å². The molecule has 0 saturated carbocycles. The van der Waals surface area contributed by atoms with Gasteiger partial charge in [-0.25, -0.2) is 0 Å². The molecule has 1 N–H and O–H groups in total. The predicted molar refractivity (Wildman–Crippen MR) is 71.4 cm³/mol. The largest absolute Gasteiger partial charge is 0.349 e. The summed E-state index contributed by atoms with van der Waals surface area (Å²) in [7, 11) is 1.83. The first-order valence-corrected chi connectivity index (χ1v) is 7.10. The van der Waals surface area contributed by atoms with Crippen LogP contribution in [0.3, 0.4) is 0 Å². The molecule has 17 heavy (non-hydrogen) atoms. The van der Waals surface area contributed by atoms with Gasteiger partial charge in [0, 0.05) is 19.3 Å². The summed E-state index contributed by atoms with van der Waals surface area (Å²) in [6.07, 6.45) is 4.64. The Kier molecular flexibility index (Phi) is 5.05. The second-order valence-electron chi connectivity index (χ2n) is 4.46. The van der Waals surface area contributed by atoms with Gasteiger partial charge in [-0.3, -0.25) is 9.48 Å². The van der Waals surface area contributed by atoms with Gasteiger partial charge >= 0.3 is 0 Å². The highest BCUT2D eigenvalue weighted by atomic mass is 32.2. The smallest absolute Gasteiger partial charge is 0.255 e. The van der Waals surface area contributed by atoms with Crippen LogP contribution in [0.15, 0.2) is 11.2 Å². The molecule has 0 aromatic carbocycles. The molecule has 1 heterocycles. The molecule has 0 unspecified atom stereocenters. The Morgan fingerprint density at radius 3 is 2.71 bits per heavy atom. The molecule has 0 aliphatic rings. The van der Waals surface area contributed by atoms with Crippen LogP contribution < -0.4 is 5.32 Å². The molecule has 0 aliphatic carbocycles. The molecular formula is C12H21N3OS. The molecular weight excluding hydrogens is 234 g/mol. The molecule has 1 atom stereocenters. The van der Waals surface area contributed by atoms with Crippen LogP contribution in [0.1, 0.15) is 37.6 Å². The van der Waals surface area contributed by atoms with Crippen molar-refractivity contribution in [2.75, 3.05) is 6.26 Å². The Balaban J connectivity index is 2.81. The number of rotatable bonds is 5. The van der Waals surface area contributed by atoms with Crippen LogP contribution in [-0.4, -0.2) is 28.0 Å². The molecule has 4 nitrogen and oxygen atoms in total. The lowest BCUT2D eigenvalue weighted by molar-refractivity contribution is 0.0921. The Hall–Kier alpha value is -0.970. The molecule has 0 bridgehead atoms. The van der Waals surface area contributed by atoms with E-state index in [0.717, 1.165) is 11.4 Å². The van der Waals surface area contributed by atoms with E-state index < -0.39 is 0 Å². The van der Waals surface area contributed by atoms with Gasteiger partial charge in [0.2, 0.25) is 0 Å². The van der Waals surface area contributed by atoms with Gasteiger partial charge in [0.25, 0.3) is 5.91 Å². The third-order valence-electron chi connectivity index (χ3n) is 2.79. The van der Waals surface area contributed by atoms with Crippen LogP contribution in [0.25, 0.3) is 0 Å². The molecule has 96 valence electrons. The molecule has 0 saturated heterocycles. The Bertz CT molecular complexity index is 387. The third-order valence-corrected chi connectivity index (χ3v) is 3.48. The zero-order valence-corrected chi connectivity index (χ0v) is 12.0. The fraction of sp³-hybridized carbons (Fsp3) is 0.667. The SMILES string of the molecule is CC[C@H](NC(=O)c1cn(C)nc1SC)C(C)C. The highest BCUT2D eigenvalue weighted by Crippen LogP contribution is 2.18. The minimum Gasteiger partial charge on any atom is -0.349 e. The summed E-state index contributed by atoms with van der Waals surface area (Å²) in [4.78, 5) is 12.1. The number of hydrogen-bond acceptors (Lipinski definition) is 3. The van der Waals surface area contributed by atoms with E-state index in [2.05, 4.69) is 31.2 Å². The van der Waals surface area contributed by atoms with Gasteiger partial charge < -0.3 is 5.32 Å². The number of carbonyl (C=O) groups excluding carboxylic acids is 1. The van der Waals surface area contributed by atoms with E-state index in [0.29, 0.717) is 11.5 Å². The Labute approximate surface area is 107 Å². The Morgan fingerprint density at radius 1 is 1.59 bits per heavy atom. The van der Waals surface area contributed by atoms with Crippen molar-refractivity contribution in [1.29, 1.82) is 0 Å². The number of nitrogens with zero attached hydrogens (tertiary/aromatic N) is 2. The van der Waals surface area contributed by atoms with E-state index in [1.807, 2.05) is 13.3 Å². The lowest BCUT2D eigenvalue weighted by Gasteiger charge is -2.20. The first-order chi connectivity index (χ1) is 7.99. The van der Waals surface area contributed by atoms with Crippen molar-refractivity contribution in [1.82, 2.24) is 15.1 Å². The van der Waals surface area contributed by atoms with Crippen molar-refractivity contribution in [3.63, 3.8) is 0 Å². The van der Waals surface area contributed by atoms with Crippen LogP contribution in [-0.2, 0) is 7.05 Å². The maximum atomic E-state index is 12.1. The van der Waals surface area contributed by atoms with E-state index in [4.69, 9.17) is 0 Å². The average molecular weight is 255 g/mol. The maximum Gasteiger partial charge on any atom is 0.255 e. The summed E-state index contributed by atoms with van der Waals surface area (Å²) in [5.41, 5.74) is 0.666. The molecule has 0 fully saturated rings. The number of carbonyl (C=O) groups is 1. The first-order valence-electron chi connectivity index (χ1n) is 5.88. The molecule has 0 aliphatic heterocycles. The van der Waals surface area contributed by atoms with E-state index >= 15 is 0 Å². The third kappa shape index (κ3) is 3.49. The quantitative estimate of drug-likeness (QED) is 0.821. The average Bonchev–Trinajstić information content (AvgIpc) is 2.66. The minimum atomic E-state index is -0.0250. The molecule has 1 rings (SSSR count). The van der Waals surface area contributed by atoms with Crippen molar-refractivity contribution < 1.29 is 4.79 Å². The van der Waals surface area contributed by atoms with Crippen molar-refractivity contribution in [2.24, 2.45) is 13.0 Å². The van der Waals surface area contributed by atoms with Gasteiger partial charge in [-0.15, -0.1) is 11.8 Å². The number of amides is 1. The second-order valence-corrected chi connectivity index (χ2v) is 5.25. The molecule has 1 aromatic rings. The zero-order valence-electron chi connectivity index (χ0n) is 11.2. The van der Waals surface area contributed by atoms with Gasteiger partial charge in [0.05, 0.1) is 5.56 Å². The van der Waals surface area contributed by atoms with Crippen molar-refractivity contribution in [3.8, 4) is 0 Å². The lowest BCUT2D eigenvalue weighted by atomic mass is 10.0. The van der Waals surface area contributed by atoms with Gasteiger partial charge in [-0.05, 0) is 18.6 Å². The van der Waals surface area contributed by atoms with E-state index in [1.165, 1.54) is 11.8 Å². The number of aryl methyl sites for hydroxylation is 1. The number of hydrogen-bond donors (Lipinski definition) is 1. The Morgan fingerprint density at radius 2 is 2.24 bits per heavy atom. The summed E-state index contributed by atoms with van der Waals surface area (Å²) >= 11 is 1.49. The highest BCUT2D eigenvalue weighted by Gasteiger charge is 2.19. The van der Waals surface area contributed by atoms with Gasteiger partial charge in [-0.1, -0.05) is 20.8 Å². The number of aromatic nitrogens is 2. The van der Waals surface area contributed by atoms with E-state index in [9.17, 15) is 4.79 Å². The fourth-order valence-electron chi connectivity index (χ4n) is 1.76. The number of thioether (sulfide) groups is 1. The minimum absolute atomic E-state index is 0.0250. The summed E-state index contributed by atoms with van der Waals surface area (Å²) in [5.74, 6) is 0.418. The van der Waals surface area contributed by atoms with Gasteiger partial charge in [-0.2, -0.15) is 5.10 Å². The zero-order chi connectivity index (χ0) is 13.0. The highest BCUT2D eigenvalue weighted by molar-refractivity contribution is 7.98. The van der Waals surface area contributed by atoms with Crippen LogP contribution in [0.5, 0.6) is 0 Å². The summed E-state index contributed by atoms with van der Waals surface area (Å²) in [6, 6.07) is 0.220. The monoisotopic (exact) mass is 255 g/mol. The van der Waals surface area contributed by atoms with Crippen LogP contribution in [0, 0.1) is 5.92 Å². The maximum absolute atomic E-state index is 12.1. The normalized spacial score (nSPS) is 12.8.